The number of thioether (sulfide) groups is 1. The molecule has 0 spiro atoms. The second kappa shape index (κ2) is 16.8. The molecule has 4 aromatic carbocycles. The maximum absolute atomic E-state index is 13.5. The first-order valence-corrected chi connectivity index (χ1v) is 17.7. The molecule has 0 aliphatic heterocycles. The molecule has 5 rings (SSSR count). The minimum atomic E-state index is -0.603. The van der Waals surface area contributed by atoms with Crippen LogP contribution in [0.1, 0.15) is 43.6 Å². The summed E-state index contributed by atoms with van der Waals surface area (Å²) < 4.78 is 0.815. The first-order valence-electron chi connectivity index (χ1n) is 15.2. The summed E-state index contributed by atoms with van der Waals surface area (Å²) in [5.41, 5.74) is 2.93. The molecule has 1 aromatic heterocycles. The van der Waals surface area contributed by atoms with Gasteiger partial charge in [-0.15, -0.1) is 23.1 Å². The lowest BCUT2D eigenvalue weighted by atomic mass is 10.1. The first kappa shape index (κ1) is 35.8. The number of para-hydroxylation sites is 1. The number of hydrogen-bond acceptors (Lipinski definition) is 7. The molecule has 0 fully saturated rings. The number of thiophene rings is 1. The zero-order chi connectivity index (χ0) is 35.6. The monoisotopic (exact) mass is 763 g/mol. The van der Waals surface area contributed by atoms with E-state index in [0.717, 1.165) is 15.8 Å². The zero-order valence-corrected chi connectivity index (χ0v) is 30.0. The van der Waals surface area contributed by atoms with Crippen molar-refractivity contribution in [3.8, 4) is 6.07 Å². The van der Waals surface area contributed by atoms with Crippen molar-refractivity contribution in [3.63, 3.8) is 0 Å². The summed E-state index contributed by atoms with van der Waals surface area (Å²) >= 11 is 5.74. The third kappa shape index (κ3) is 9.35. The summed E-state index contributed by atoms with van der Waals surface area (Å²) in [4.78, 5) is 53.8. The van der Waals surface area contributed by atoms with Crippen LogP contribution in [0.3, 0.4) is 0 Å². The highest BCUT2D eigenvalue weighted by Gasteiger charge is 2.24. The number of nitrogens with zero attached hydrogens (tertiary/aromatic N) is 1. The molecule has 1 unspecified atom stereocenters. The largest absolute Gasteiger partial charge is 0.321 e. The van der Waals surface area contributed by atoms with Gasteiger partial charge in [0.2, 0.25) is 5.91 Å². The van der Waals surface area contributed by atoms with Crippen molar-refractivity contribution in [2.24, 2.45) is 0 Å². The lowest BCUT2D eigenvalue weighted by molar-refractivity contribution is -0.115. The Morgan fingerprint density at radius 1 is 0.820 bits per heavy atom. The average molecular weight is 765 g/mol. The fourth-order valence-corrected chi connectivity index (χ4v) is 7.08. The normalized spacial score (nSPS) is 11.5. The molecule has 0 aliphatic carbocycles. The third-order valence-electron chi connectivity index (χ3n) is 7.20. The Hall–Kier alpha value is -5.48. The van der Waals surface area contributed by atoms with Gasteiger partial charge in [0.1, 0.15) is 16.8 Å². The lowest BCUT2D eigenvalue weighted by Crippen LogP contribution is -2.30. The summed E-state index contributed by atoms with van der Waals surface area (Å²) in [6, 6.07) is 34.0. The molecule has 0 saturated heterocycles. The number of benzene rings is 4. The Labute approximate surface area is 305 Å². The van der Waals surface area contributed by atoms with Crippen LogP contribution in [0.4, 0.5) is 16.4 Å². The van der Waals surface area contributed by atoms with Gasteiger partial charge in [0, 0.05) is 26.3 Å². The first-order chi connectivity index (χ1) is 24.1. The number of amides is 4. The number of carbonyl (C=O) groups excluding carboxylic acids is 4. The lowest BCUT2D eigenvalue weighted by Gasteiger charge is -2.14. The maximum Gasteiger partial charge on any atom is 0.272 e. The zero-order valence-electron chi connectivity index (χ0n) is 26.8. The smallest absolute Gasteiger partial charge is 0.272 e. The summed E-state index contributed by atoms with van der Waals surface area (Å²) in [6.07, 6.45) is 1.59. The van der Waals surface area contributed by atoms with Crippen LogP contribution in [0.15, 0.2) is 124 Å². The van der Waals surface area contributed by atoms with Crippen LogP contribution in [0.2, 0.25) is 0 Å². The van der Waals surface area contributed by atoms with E-state index in [0.29, 0.717) is 42.8 Å². The van der Waals surface area contributed by atoms with Gasteiger partial charge >= 0.3 is 0 Å². The van der Waals surface area contributed by atoms with Crippen molar-refractivity contribution in [1.29, 1.82) is 5.26 Å². The molecule has 4 amide bonds. The van der Waals surface area contributed by atoms with Crippen LogP contribution < -0.4 is 21.3 Å². The van der Waals surface area contributed by atoms with Gasteiger partial charge in [0.25, 0.3) is 17.7 Å². The summed E-state index contributed by atoms with van der Waals surface area (Å²) in [5, 5.41) is 20.7. The standard InChI is InChI=1S/C38H30BrN5O4S2/c1-23-31(22-40)38(50-33(23)37(48)41-28-15-7-4-8-16-28)44-34(45)24(2)49-30-18-10-17-29(21-30)42-36(47)32(20-25-11-9-14-27(39)19-25)43-35(46)26-12-5-3-6-13-26/h3-21,24H,1-2H3,(H,41,48)(H,42,47)(H,43,46)(H,44,45)/b32-20+. The predicted octanol–water partition coefficient (Wildman–Crippen LogP) is 8.47. The minimum Gasteiger partial charge on any atom is -0.321 e. The molecule has 250 valence electrons. The molecular weight excluding hydrogens is 734 g/mol. The van der Waals surface area contributed by atoms with E-state index >= 15 is 0 Å². The topological polar surface area (TPSA) is 140 Å². The second-order valence-electron chi connectivity index (χ2n) is 10.9. The Bertz CT molecular complexity index is 2130. The maximum atomic E-state index is 13.5. The fraction of sp³-hybridized carbons (Fsp3) is 0.0789. The molecule has 0 saturated carbocycles. The van der Waals surface area contributed by atoms with E-state index in [2.05, 4.69) is 43.3 Å². The molecule has 50 heavy (non-hydrogen) atoms. The summed E-state index contributed by atoms with van der Waals surface area (Å²) in [6.45, 7) is 3.40. The highest BCUT2D eigenvalue weighted by Crippen LogP contribution is 2.34. The Balaban J connectivity index is 1.27. The molecule has 0 bridgehead atoms. The Kier molecular flexibility index (Phi) is 12.0. The number of anilines is 3. The molecule has 0 aliphatic rings. The van der Waals surface area contributed by atoms with Crippen molar-refractivity contribution < 1.29 is 19.2 Å². The summed E-state index contributed by atoms with van der Waals surface area (Å²) in [5.74, 6) is -1.70. The van der Waals surface area contributed by atoms with Crippen LogP contribution in [-0.4, -0.2) is 28.9 Å². The van der Waals surface area contributed by atoms with Crippen LogP contribution >= 0.6 is 39.0 Å². The van der Waals surface area contributed by atoms with Gasteiger partial charge in [-0.3, -0.25) is 19.2 Å². The average Bonchev–Trinajstić information content (AvgIpc) is 3.43. The third-order valence-corrected chi connectivity index (χ3v) is 9.99. The Morgan fingerprint density at radius 3 is 2.20 bits per heavy atom. The van der Waals surface area contributed by atoms with E-state index in [4.69, 9.17) is 0 Å². The fourth-order valence-electron chi connectivity index (χ4n) is 4.68. The van der Waals surface area contributed by atoms with Gasteiger partial charge in [-0.05, 0) is 85.6 Å². The number of halogens is 1. The van der Waals surface area contributed by atoms with E-state index in [1.54, 1.807) is 92.7 Å². The molecule has 1 atom stereocenters. The molecule has 4 N–H and O–H groups in total. The minimum absolute atomic E-state index is 0.0408. The highest BCUT2D eigenvalue weighted by molar-refractivity contribution is 9.10. The van der Waals surface area contributed by atoms with Gasteiger partial charge in [-0.1, -0.05) is 70.5 Å². The number of nitrogens with one attached hydrogen (secondary N) is 4. The van der Waals surface area contributed by atoms with E-state index in [-0.39, 0.29) is 23.1 Å². The molecule has 9 nitrogen and oxygen atoms in total. The van der Waals surface area contributed by atoms with Crippen molar-refractivity contribution >= 4 is 85.1 Å². The molecule has 5 aromatic rings. The van der Waals surface area contributed by atoms with Gasteiger partial charge in [-0.2, -0.15) is 5.26 Å². The van der Waals surface area contributed by atoms with Crippen LogP contribution in [0.25, 0.3) is 6.08 Å². The van der Waals surface area contributed by atoms with E-state index < -0.39 is 17.1 Å². The molecule has 12 heteroatoms. The summed E-state index contributed by atoms with van der Waals surface area (Å²) in [7, 11) is 0. The van der Waals surface area contributed by atoms with E-state index in [1.165, 1.54) is 11.8 Å². The van der Waals surface area contributed by atoms with Crippen molar-refractivity contribution in [2.75, 3.05) is 16.0 Å². The molecular formula is C38H30BrN5O4S2. The Morgan fingerprint density at radius 2 is 1.50 bits per heavy atom. The predicted molar refractivity (Wildman–Crippen MR) is 203 cm³/mol. The molecule has 1 heterocycles. The number of nitriles is 1. The SMILES string of the molecule is Cc1c(C(=O)Nc2ccccc2)sc(NC(=O)C(C)Sc2cccc(NC(=O)/C(=C\c3cccc(Br)c3)NC(=O)c3ccccc3)c2)c1C#N. The van der Waals surface area contributed by atoms with E-state index in [9.17, 15) is 24.4 Å². The van der Waals surface area contributed by atoms with Crippen LogP contribution in [0.5, 0.6) is 0 Å². The van der Waals surface area contributed by atoms with E-state index in [1.807, 2.05) is 36.4 Å². The van der Waals surface area contributed by atoms with Gasteiger partial charge in [-0.25, -0.2) is 0 Å². The number of rotatable bonds is 11. The quantitative estimate of drug-likeness (QED) is 0.0786. The highest BCUT2D eigenvalue weighted by atomic mass is 79.9. The van der Waals surface area contributed by atoms with Crippen molar-refractivity contribution in [3.05, 3.63) is 146 Å². The number of carbonyl (C=O) groups is 4. The number of hydrogen-bond donors (Lipinski definition) is 4. The van der Waals surface area contributed by atoms with Crippen LogP contribution in [0, 0.1) is 18.3 Å². The van der Waals surface area contributed by atoms with Gasteiger partial charge in [0.05, 0.1) is 15.7 Å². The van der Waals surface area contributed by atoms with Gasteiger partial charge in [0.15, 0.2) is 0 Å². The second-order valence-corrected chi connectivity index (χ2v) is 14.2. The van der Waals surface area contributed by atoms with Gasteiger partial charge < -0.3 is 21.3 Å². The van der Waals surface area contributed by atoms with Crippen molar-refractivity contribution in [1.82, 2.24) is 5.32 Å². The van der Waals surface area contributed by atoms with Crippen LogP contribution in [-0.2, 0) is 9.59 Å². The van der Waals surface area contributed by atoms with Crippen molar-refractivity contribution in [2.45, 2.75) is 24.0 Å². The molecule has 0 radical (unpaired) electrons.